The fourth-order valence-electron chi connectivity index (χ4n) is 0.906. The van der Waals surface area contributed by atoms with Gasteiger partial charge in [-0.2, -0.15) is 0 Å². The highest BCUT2D eigenvalue weighted by molar-refractivity contribution is 6.36. The van der Waals surface area contributed by atoms with E-state index in [4.69, 9.17) is 34.8 Å². The molecule has 0 radical (unpaired) electrons. The van der Waals surface area contributed by atoms with Gasteiger partial charge in [-0.15, -0.1) is 0 Å². The molecule has 0 aliphatic heterocycles. The molecule has 0 aromatic heterocycles. The molecule has 1 aromatic rings. The minimum Gasteiger partial charge on any atom is -0.380 e. The molecule has 0 atom stereocenters. The Morgan fingerprint density at radius 1 is 1.43 bits per heavy atom. The Morgan fingerprint density at radius 3 is 2.71 bits per heavy atom. The first-order valence-corrected chi connectivity index (χ1v) is 5.27. The van der Waals surface area contributed by atoms with E-state index in [2.05, 4.69) is 5.32 Å². The standard InChI is InChI=1S/C10H10Cl3N/c1-7(5-11)6-14-10-3-2-8(12)4-9(10)13/h2-5,14H,6H2,1H3/b7-5-. The number of rotatable bonds is 3. The molecule has 1 rings (SSSR count). The molecule has 0 aliphatic rings. The summed E-state index contributed by atoms with van der Waals surface area (Å²) in [6.45, 7) is 2.61. The fraction of sp³-hybridized carbons (Fsp3) is 0.200. The normalized spacial score (nSPS) is 11.6. The number of benzene rings is 1. The highest BCUT2D eigenvalue weighted by atomic mass is 35.5. The molecule has 0 unspecified atom stereocenters. The molecule has 0 saturated carbocycles. The first-order chi connectivity index (χ1) is 6.63. The second-order valence-electron chi connectivity index (χ2n) is 2.93. The summed E-state index contributed by atoms with van der Waals surface area (Å²) >= 11 is 17.2. The zero-order chi connectivity index (χ0) is 10.6. The Kier molecular flexibility index (Phi) is 4.59. The summed E-state index contributed by atoms with van der Waals surface area (Å²) in [7, 11) is 0. The fourth-order valence-corrected chi connectivity index (χ4v) is 1.46. The van der Waals surface area contributed by atoms with Crippen LogP contribution in [0.15, 0.2) is 29.3 Å². The van der Waals surface area contributed by atoms with E-state index in [1.54, 1.807) is 12.1 Å². The van der Waals surface area contributed by atoms with Gasteiger partial charge < -0.3 is 5.32 Å². The lowest BCUT2D eigenvalue weighted by molar-refractivity contribution is 1.21. The molecule has 0 heterocycles. The number of anilines is 1. The molecular formula is C10H10Cl3N. The highest BCUT2D eigenvalue weighted by Crippen LogP contribution is 2.25. The molecule has 1 N–H and O–H groups in total. The second kappa shape index (κ2) is 5.50. The number of hydrogen-bond donors (Lipinski definition) is 1. The predicted molar refractivity (Wildman–Crippen MR) is 64.6 cm³/mol. The first-order valence-electron chi connectivity index (χ1n) is 4.08. The molecule has 4 heteroatoms. The lowest BCUT2D eigenvalue weighted by atomic mass is 10.3. The van der Waals surface area contributed by atoms with Crippen molar-refractivity contribution in [2.75, 3.05) is 11.9 Å². The molecule has 1 aromatic carbocycles. The SMILES string of the molecule is C/C(=C/Cl)CNc1ccc(Cl)cc1Cl. The molecular weight excluding hydrogens is 240 g/mol. The summed E-state index contributed by atoms with van der Waals surface area (Å²) in [6.07, 6.45) is 0. The van der Waals surface area contributed by atoms with E-state index in [0.29, 0.717) is 16.6 Å². The van der Waals surface area contributed by atoms with E-state index in [-0.39, 0.29) is 0 Å². The molecule has 0 amide bonds. The van der Waals surface area contributed by atoms with Crippen molar-refractivity contribution in [2.24, 2.45) is 0 Å². The molecule has 0 aliphatic carbocycles. The van der Waals surface area contributed by atoms with Gasteiger partial charge in [0.2, 0.25) is 0 Å². The van der Waals surface area contributed by atoms with Gasteiger partial charge in [0.15, 0.2) is 0 Å². The van der Waals surface area contributed by atoms with Crippen molar-refractivity contribution in [3.8, 4) is 0 Å². The van der Waals surface area contributed by atoms with Crippen molar-refractivity contribution in [1.29, 1.82) is 0 Å². The molecule has 76 valence electrons. The maximum atomic E-state index is 5.96. The monoisotopic (exact) mass is 249 g/mol. The molecule has 0 bridgehead atoms. The zero-order valence-corrected chi connectivity index (χ0v) is 9.92. The van der Waals surface area contributed by atoms with Crippen molar-refractivity contribution in [3.05, 3.63) is 39.4 Å². The molecule has 1 nitrogen and oxygen atoms in total. The Morgan fingerprint density at radius 2 is 2.14 bits per heavy atom. The summed E-state index contributed by atoms with van der Waals surface area (Å²) in [5.74, 6) is 0. The van der Waals surface area contributed by atoms with Gasteiger partial charge >= 0.3 is 0 Å². The van der Waals surface area contributed by atoms with Crippen LogP contribution in [0.5, 0.6) is 0 Å². The first kappa shape index (κ1) is 11.7. The Bertz CT molecular complexity index is 347. The maximum absolute atomic E-state index is 5.96. The van der Waals surface area contributed by atoms with E-state index < -0.39 is 0 Å². The van der Waals surface area contributed by atoms with Crippen LogP contribution in [0.3, 0.4) is 0 Å². The number of nitrogens with one attached hydrogen (secondary N) is 1. The lowest BCUT2D eigenvalue weighted by Crippen LogP contribution is -2.02. The third-order valence-corrected chi connectivity index (χ3v) is 2.60. The summed E-state index contributed by atoms with van der Waals surface area (Å²) in [6, 6.07) is 5.33. The summed E-state index contributed by atoms with van der Waals surface area (Å²) < 4.78 is 0. The minimum absolute atomic E-state index is 0.611. The molecule has 0 saturated heterocycles. The molecule has 0 spiro atoms. The quantitative estimate of drug-likeness (QED) is 0.830. The van der Waals surface area contributed by atoms with Crippen LogP contribution in [0, 0.1) is 0 Å². The van der Waals surface area contributed by atoms with Crippen molar-refractivity contribution >= 4 is 40.5 Å². The summed E-state index contributed by atoms with van der Waals surface area (Å²) in [5, 5.41) is 4.39. The van der Waals surface area contributed by atoms with Crippen molar-refractivity contribution < 1.29 is 0 Å². The van der Waals surface area contributed by atoms with Crippen LogP contribution >= 0.6 is 34.8 Å². The second-order valence-corrected chi connectivity index (χ2v) is 4.00. The van der Waals surface area contributed by atoms with E-state index in [1.807, 2.05) is 13.0 Å². The number of hydrogen-bond acceptors (Lipinski definition) is 1. The Labute approximate surface area is 98.7 Å². The van der Waals surface area contributed by atoms with Gasteiger partial charge in [0, 0.05) is 17.1 Å². The highest BCUT2D eigenvalue weighted by Gasteiger charge is 1.99. The van der Waals surface area contributed by atoms with Crippen LogP contribution in [0.1, 0.15) is 6.92 Å². The van der Waals surface area contributed by atoms with Crippen LogP contribution < -0.4 is 5.32 Å². The van der Waals surface area contributed by atoms with Crippen LogP contribution in [0.2, 0.25) is 10.0 Å². The molecule has 0 fully saturated rings. The van der Waals surface area contributed by atoms with E-state index in [0.717, 1.165) is 11.3 Å². The Balaban J connectivity index is 2.68. The van der Waals surface area contributed by atoms with E-state index in [9.17, 15) is 0 Å². The largest absolute Gasteiger partial charge is 0.380 e. The third-order valence-electron chi connectivity index (χ3n) is 1.68. The van der Waals surface area contributed by atoms with Gasteiger partial charge in [0.1, 0.15) is 0 Å². The zero-order valence-electron chi connectivity index (χ0n) is 7.65. The van der Waals surface area contributed by atoms with Gasteiger partial charge in [-0.3, -0.25) is 0 Å². The van der Waals surface area contributed by atoms with Crippen molar-refractivity contribution in [2.45, 2.75) is 6.92 Å². The van der Waals surface area contributed by atoms with E-state index >= 15 is 0 Å². The van der Waals surface area contributed by atoms with Gasteiger partial charge in [-0.05, 0) is 30.7 Å². The topological polar surface area (TPSA) is 12.0 Å². The number of halogens is 3. The summed E-state index contributed by atoms with van der Waals surface area (Å²) in [4.78, 5) is 0. The lowest BCUT2D eigenvalue weighted by Gasteiger charge is -2.08. The van der Waals surface area contributed by atoms with Gasteiger partial charge in [-0.25, -0.2) is 0 Å². The van der Waals surface area contributed by atoms with Crippen LogP contribution in [0.25, 0.3) is 0 Å². The average Bonchev–Trinajstić information content (AvgIpc) is 2.16. The van der Waals surface area contributed by atoms with Crippen LogP contribution in [-0.4, -0.2) is 6.54 Å². The Hall–Kier alpha value is -0.370. The van der Waals surface area contributed by atoms with E-state index in [1.165, 1.54) is 5.54 Å². The van der Waals surface area contributed by atoms with Crippen molar-refractivity contribution in [1.82, 2.24) is 0 Å². The van der Waals surface area contributed by atoms with Crippen LogP contribution in [-0.2, 0) is 0 Å². The molecule has 14 heavy (non-hydrogen) atoms. The summed E-state index contributed by atoms with van der Waals surface area (Å²) in [5.41, 5.74) is 3.43. The van der Waals surface area contributed by atoms with Gasteiger partial charge in [-0.1, -0.05) is 34.8 Å². The average molecular weight is 251 g/mol. The van der Waals surface area contributed by atoms with Gasteiger partial charge in [0.25, 0.3) is 0 Å². The van der Waals surface area contributed by atoms with Gasteiger partial charge in [0.05, 0.1) is 10.7 Å². The smallest absolute Gasteiger partial charge is 0.0652 e. The predicted octanol–water partition coefficient (Wildman–Crippen LogP) is 4.55. The third kappa shape index (κ3) is 3.41. The van der Waals surface area contributed by atoms with Crippen molar-refractivity contribution in [3.63, 3.8) is 0 Å². The minimum atomic E-state index is 0.611. The van der Waals surface area contributed by atoms with Crippen LogP contribution in [0.4, 0.5) is 5.69 Å². The maximum Gasteiger partial charge on any atom is 0.0652 e.